The summed E-state index contributed by atoms with van der Waals surface area (Å²) in [7, 11) is 3.29. The molecule has 0 bridgehead atoms. The fraction of sp³-hybridized carbons (Fsp3) is 0.645. The van der Waals surface area contributed by atoms with Crippen LogP contribution in [0, 0.1) is 0 Å². The summed E-state index contributed by atoms with van der Waals surface area (Å²) in [6.07, 6.45) is 12.3. The van der Waals surface area contributed by atoms with Crippen molar-refractivity contribution in [2.45, 2.75) is 95.2 Å². The summed E-state index contributed by atoms with van der Waals surface area (Å²) in [5.41, 5.74) is 1.98. The highest BCUT2D eigenvalue weighted by atomic mass is 16.5. The Morgan fingerprint density at radius 2 is 1.68 bits per heavy atom. The third kappa shape index (κ3) is 6.79. The molecule has 2 amide bonds. The maximum atomic E-state index is 13.7. The van der Waals surface area contributed by atoms with Crippen LogP contribution < -0.4 is 20.1 Å². The van der Waals surface area contributed by atoms with E-state index in [1.165, 1.54) is 25.7 Å². The summed E-state index contributed by atoms with van der Waals surface area (Å²) in [5, 5.41) is 11.2. The highest BCUT2D eigenvalue weighted by Gasteiger charge is 2.29. The van der Waals surface area contributed by atoms with Crippen molar-refractivity contribution < 1.29 is 19.1 Å². The van der Waals surface area contributed by atoms with Gasteiger partial charge < -0.3 is 25.0 Å². The number of ether oxygens (including phenoxy) is 2. The van der Waals surface area contributed by atoms with E-state index < -0.39 is 0 Å². The van der Waals surface area contributed by atoms with Crippen LogP contribution in [0.2, 0.25) is 0 Å². The number of piperidine rings is 1. The zero-order chi connectivity index (χ0) is 27.9. The SMILES string of the molecule is COc1cccc(OC)c1-c1cc(C(=O)NC(CCN2CCCCC2)CC(=O)NC2CCC2)nn1C1CCCC1. The topological polar surface area (TPSA) is 97.7 Å². The second-order valence-electron chi connectivity index (χ2n) is 11.6. The average Bonchev–Trinajstić information content (AvgIpc) is 3.64. The molecule has 2 aromatic rings. The van der Waals surface area contributed by atoms with Gasteiger partial charge in [0, 0.05) is 25.0 Å². The Hall–Kier alpha value is -3.07. The molecule has 1 aromatic carbocycles. The molecule has 1 atom stereocenters. The van der Waals surface area contributed by atoms with Crippen molar-refractivity contribution in [2.75, 3.05) is 33.9 Å². The number of carbonyl (C=O) groups excluding carboxylic acids is 2. The van der Waals surface area contributed by atoms with Crippen LogP contribution in [0.15, 0.2) is 24.3 Å². The van der Waals surface area contributed by atoms with Crippen LogP contribution in [0.3, 0.4) is 0 Å². The molecule has 3 aliphatic rings. The molecule has 5 rings (SSSR count). The normalized spacial score (nSPS) is 19.1. The molecule has 1 unspecified atom stereocenters. The lowest BCUT2D eigenvalue weighted by molar-refractivity contribution is -0.122. The minimum absolute atomic E-state index is 0.0181. The van der Waals surface area contributed by atoms with Gasteiger partial charge in [-0.25, -0.2) is 0 Å². The van der Waals surface area contributed by atoms with E-state index >= 15 is 0 Å². The van der Waals surface area contributed by atoms with Crippen LogP contribution in [0.4, 0.5) is 0 Å². The Balaban J connectivity index is 1.37. The number of benzene rings is 1. The van der Waals surface area contributed by atoms with Gasteiger partial charge in [0.15, 0.2) is 5.69 Å². The van der Waals surface area contributed by atoms with Crippen LogP contribution in [-0.4, -0.2) is 72.4 Å². The smallest absolute Gasteiger partial charge is 0.272 e. The van der Waals surface area contributed by atoms with E-state index in [2.05, 4.69) is 15.5 Å². The van der Waals surface area contributed by atoms with Crippen LogP contribution in [0.5, 0.6) is 11.5 Å². The second-order valence-corrected chi connectivity index (χ2v) is 11.6. The quantitative estimate of drug-likeness (QED) is 0.396. The monoisotopic (exact) mass is 551 g/mol. The largest absolute Gasteiger partial charge is 0.496 e. The van der Waals surface area contributed by atoms with Crippen LogP contribution >= 0.6 is 0 Å². The van der Waals surface area contributed by atoms with Gasteiger partial charge in [0.25, 0.3) is 5.91 Å². The number of nitrogens with one attached hydrogen (secondary N) is 2. The molecule has 2 heterocycles. The second kappa shape index (κ2) is 13.5. The number of rotatable bonds is 12. The minimum atomic E-state index is -0.254. The van der Waals surface area contributed by atoms with E-state index in [0.29, 0.717) is 17.2 Å². The summed E-state index contributed by atoms with van der Waals surface area (Å²) in [5.74, 6) is 1.13. The van der Waals surface area contributed by atoms with Crippen molar-refractivity contribution in [1.29, 1.82) is 0 Å². The van der Waals surface area contributed by atoms with Gasteiger partial charge in [-0.05, 0) is 82.7 Å². The molecule has 0 spiro atoms. The van der Waals surface area contributed by atoms with E-state index in [1.54, 1.807) is 14.2 Å². The van der Waals surface area contributed by atoms with Gasteiger partial charge in [0.2, 0.25) is 5.91 Å². The Bertz CT molecular complexity index is 1130. The molecule has 2 saturated carbocycles. The van der Waals surface area contributed by atoms with Crippen molar-refractivity contribution >= 4 is 11.8 Å². The van der Waals surface area contributed by atoms with Gasteiger partial charge in [-0.15, -0.1) is 0 Å². The Morgan fingerprint density at radius 3 is 2.30 bits per heavy atom. The standard InChI is InChI=1S/C31H45N5O4/c1-39-27-14-9-15-28(40-2)30(27)26-21-25(34-36(26)24-12-4-5-13-24)31(38)33-23(16-19-35-17-6-3-7-18-35)20-29(37)32-22-10-8-11-22/h9,14-15,21-24H,3-8,10-13,16-20H2,1-2H3,(H,32,37)(H,33,38). The van der Waals surface area contributed by atoms with Crippen LogP contribution in [-0.2, 0) is 4.79 Å². The molecule has 2 N–H and O–H groups in total. The number of carbonyl (C=O) groups is 2. The first-order valence-corrected chi connectivity index (χ1v) is 15.2. The summed E-state index contributed by atoms with van der Waals surface area (Å²) in [6, 6.07) is 7.80. The maximum Gasteiger partial charge on any atom is 0.272 e. The van der Waals surface area contributed by atoms with Gasteiger partial charge >= 0.3 is 0 Å². The van der Waals surface area contributed by atoms with Gasteiger partial charge in [0.05, 0.1) is 31.5 Å². The molecule has 0 radical (unpaired) electrons. The molecule has 1 saturated heterocycles. The highest BCUT2D eigenvalue weighted by molar-refractivity contribution is 5.94. The van der Waals surface area contributed by atoms with E-state index in [0.717, 1.165) is 75.8 Å². The van der Waals surface area contributed by atoms with Crippen molar-refractivity contribution in [3.63, 3.8) is 0 Å². The molecular formula is C31H45N5O4. The van der Waals surface area contributed by atoms with E-state index in [-0.39, 0.29) is 36.4 Å². The first-order valence-electron chi connectivity index (χ1n) is 15.2. The van der Waals surface area contributed by atoms with Crippen LogP contribution in [0.25, 0.3) is 11.3 Å². The molecule has 3 fully saturated rings. The minimum Gasteiger partial charge on any atom is -0.496 e. The molecule has 2 aliphatic carbocycles. The lowest BCUT2D eigenvalue weighted by Crippen LogP contribution is -2.45. The first-order chi connectivity index (χ1) is 19.6. The zero-order valence-electron chi connectivity index (χ0n) is 24.1. The van der Waals surface area contributed by atoms with E-state index in [4.69, 9.17) is 14.6 Å². The summed E-state index contributed by atoms with van der Waals surface area (Å²) >= 11 is 0. The number of hydrogen-bond acceptors (Lipinski definition) is 6. The number of amides is 2. The van der Waals surface area contributed by atoms with E-state index in [9.17, 15) is 9.59 Å². The molecule has 40 heavy (non-hydrogen) atoms. The highest BCUT2D eigenvalue weighted by Crippen LogP contribution is 2.41. The van der Waals surface area contributed by atoms with Gasteiger partial charge in [-0.1, -0.05) is 25.3 Å². The van der Waals surface area contributed by atoms with Crippen molar-refractivity contribution in [3.8, 4) is 22.8 Å². The predicted octanol–water partition coefficient (Wildman–Crippen LogP) is 4.72. The fourth-order valence-corrected chi connectivity index (χ4v) is 6.29. The van der Waals surface area contributed by atoms with Gasteiger partial charge in [0.1, 0.15) is 11.5 Å². The third-order valence-electron chi connectivity index (χ3n) is 8.80. The predicted molar refractivity (Wildman–Crippen MR) is 155 cm³/mol. The van der Waals surface area contributed by atoms with Gasteiger partial charge in [-0.3, -0.25) is 14.3 Å². The van der Waals surface area contributed by atoms with Crippen molar-refractivity contribution in [3.05, 3.63) is 30.0 Å². The summed E-state index contributed by atoms with van der Waals surface area (Å²) in [4.78, 5) is 29.0. The maximum absolute atomic E-state index is 13.7. The van der Waals surface area contributed by atoms with Crippen LogP contribution in [0.1, 0.15) is 93.6 Å². The average molecular weight is 552 g/mol. The molecular weight excluding hydrogens is 506 g/mol. The Labute approximate surface area is 238 Å². The summed E-state index contributed by atoms with van der Waals surface area (Å²) < 4.78 is 13.4. The Morgan fingerprint density at radius 1 is 0.975 bits per heavy atom. The lowest BCUT2D eigenvalue weighted by atomic mass is 9.93. The lowest BCUT2D eigenvalue weighted by Gasteiger charge is -2.29. The van der Waals surface area contributed by atoms with Crippen molar-refractivity contribution in [1.82, 2.24) is 25.3 Å². The Kier molecular flexibility index (Phi) is 9.62. The number of likely N-dealkylation sites (tertiary alicyclic amines) is 1. The molecule has 218 valence electrons. The summed E-state index contributed by atoms with van der Waals surface area (Å²) in [6.45, 7) is 3.05. The molecule has 9 nitrogen and oxygen atoms in total. The van der Waals surface area contributed by atoms with E-state index in [1.807, 2.05) is 28.9 Å². The first kappa shape index (κ1) is 28.5. The molecule has 1 aromatic heterocycles. The van der Waals surface area contributed by atoms with Crippen molar-refractivity contribution in [2.24, 2.45) is 0 Å². The number of hydrogen-bond donors (Lipinski definition) is 2. The molecule has 9 heteroatoms. The van der Waals surface area contributed by atoms with Gasteiger partial charge in [-0.2, -0.15) is 5.10 Å². The fourth-order valence-electron chi connectivity index (χ4n) is 6.29. The molecule has 1 aliphatic heterocycles. The third-order valence-corrected chi connectivity index (χ3v) is 8.80. The number of aromatic nitrogens is 2. The number of nitrogens with zero attached hydrogens (tertiary/aromatic N) is 3. The number of methoxy groups -OCH3 is 2. The zero-order valence-corrected chi connectivity index (χ0v) is 24.1.